The summed E-state index contributed by atoms with van der Waals surface area (Å²) in [7, 11) is 0. The Morgan fingerprint density at radius 2 is 1.84 bits per heavy atom. The molecule has 2 N–H and O–H groups in total. The van der Waals surface area contributed by atoms with Crippen molar-refractivity contribution in [2.45, 2.75) is 45.1 Å². The van der Waals surface area contributed by atoms with E-state index in [1.54, 1.807) is 0 Å². The standard InChI is InChI=1S/C20H17F6N3O2/c1-18(2)7-11-14(12(30)8-18)13(9-4-3-5-10(6-9)31-20(24,25)26)15-16(19(21,22)23)28-29-17(15)27-11/h3-6,13H,7-8H2,1-2H3,(H2,27,28,29)/t13-/m0/s1. The topological polar surface area (TPSA) is 67.0 Å². The van der Waals surface area contributed by atoms with E-state index in [1.165, 1.54) is 12.1 Å². The molecule has 0 radical (unpaired) electrons. The Hall–Kier alpha value is -2.98. The quantitative estimate of drug-likeness (QED) is 0.597. The van der Waals surface area contributed by atoms with Gasteiger partial charge in [-0.15, -0.1) is 13.2 Å². The monoisotopic (exact) mass is 445 g/mol. The van der Waals surface area contributed by atoms with Gasteiger partial charge in [0.25, 0.3) is 0 Å². The summed E-state index contributed by atoms with van der Waals surface area (Å²) >= 11 is 0. The molecule has 0 unspecified atom stereocenters. The third-order valence-electron chi connectivity index (χ3n) is 5.28. The van der Waals surface area contributed by atoms with E-state index in [4.69, 9.17) is 0 Å². The average Bonchev–Trinajstić information content (AvgIpc) is 3.01. The summed E-state index contributed by atoms with van der Waals surface area (Å²) in [6.07, 6.45) is -9.32. The van der Waals surface area contributed by atoms with Crippen LogP contribution in [0.25, 0.3) is 0 Å². The van der Waals surface area contributed by atoms with E-state index < -0.39 is 35.3 Å². The van der Waals surface area contributed by atoms with Gasteiger partial charge in [0, 0.05) is 29.2 Å². The molecule has 11 heteroatoms. The van der Waals surface area contributed by atoms with E-state index in [0.29, 0.717) is 12.1 Å². The van der Waals surface area contributed by atoms with Crippen molar-refractivity contribution in [3.05, 3.63) is 52.4 Å². The third-order valence-corrected chi connectivity index (χ3v) is 5.28. The van der Waals surface area contributed by atoms with E-state index in [1.807, 2.05) is 18.9 Å². The molecule has 0 saturated carbocycles. The number of fused-ring (bicyclic) bond motifs is 1. The summed E-state index contributed by atoms with van der Waals surface area (Å²) in [5.74, 6) is -2.32. The maximum Gasteiger partial charge on any atom is 0.573 e. The van der Waals surface area contributed by atoms with Gasteiger partial charge in [-0.05, 0) is 29.5 Å². The van der Waals surface area contributed by atoms with Crippen molar-refractivity contribution >= 4 is 11.6 Å². The second-order valence-corrected chi connectivity index (χ2v) is 8.37. The summed E-state index contributed by atoms with van der Waals surface area (Å²) in [6, 6.07) is 4.65. The van der Waals surface area contributed by atoms with Gasteiger partial charge in [0.1, 0.15) is 11.4 Å². The molecule has 0 bridgehead atoms. The molecule has 4 rings (SSSR count). The molecule has 1 aromatic carbocycles. The number of ether oxygens (including phenoxy) is 1. The van der Waals surface area contributed by atoms with Gasteiger partial charge in [0.2, 0.25) is 0 Å². The number of halogens is 6. The van der Waals surface area contributed by atoms with Crippen LogP contribution in [0.2, 0.25) is 0 Å². The van der Waals surface area contributed by atoms with Crippen molar-refractivity contribution in [2.75, 3.05) is 5.32 Å². The Balaban J connectivity index is 1.92. The van der Waals surface area contributed by atoms with Crippen LogP contribution in [-0.4, -0.2) is 22.3 Å². The summed E-state index contributed by atoms with van der Waals surface area (Å²) < 4.78 is 83.0. The lowest BCUT2D eigenvalue weighted by atomic mass is 9.69. The smallest absolute Gasteiger partial charge is 0.406 e. The highest BCUT2D eigenvalue weighted by Crippen LogP contribution is 2.51. The van der Waals surface area contributed by atoms with Crippen molar-refractivity contribution in [2.24, 2.45) is 5.41 Å². The molecule has 2 aromatic rings. The number of benzene rings is 1. The fraction of sp³-hybridized carbons (Fsp3) is 0.400. The molecule has 0 amide bonds. The number of allylic oxidation sites excluding steroid dienone is 2. The van der Waals surface area contributed by atoms with E-state index in [2.05, 4.69) is 15.2 Å². The first-order valence-electron chi connectivity index (χ1n) is 9.30. The van der Waals surface area contributed by atoms with Crippen LogP contribution in [0.1, 0.15) is 49.4 Å². The minimum Gasteiger partial charge on any atom is -0.406 e. The normalized spacial score (nSPS) is 20.8. The number of anilines is 1. The number of nitrogens with zero attached hydrogens (tertiary/aromatic N) is 1. The van der Waals surface area contributed by atoms with Crippen molar-refractivity contribution < 1.29 is 35.9 Å². The maximum absolute atomic E-state index is 13.7. The van der Waals surface area contributed by atoms with Crippen molar-refractivity contribution in [1.29, 1.82) is 0 Å². The predicted octanol–water partition coefficient (Wildman–Crippen LogP) is 5.53. The van der Waals surface area contributed by atoms with Gasteiger partial charge in [0.05, 0.1) is 0 Å². The van der Waals surface area contributed by atoms with Gasteiger partial charge in [0.15, 0.2) is 11.6 Å². The van der Waals surface area contributed by atoms with Gasteiger partial charge in [-0.3, -0.25) is 9.89 Å². The van der Waals surface area contributed by atoms with Crippen LogP contribution < -0.4 is 10.1 Å². The van der Waals surface area contributed by atoms with E-state index >= 15 is 0 Å². The van der Waals surface area contributed by atoms with Gasteiger partial charge >= 0.3 is 12.5 Å². The van der Waals surface area contributed by atoms with Crippen LogP contribution in [-0.2, 0) is 11.0 Å². The van der Waals surface area contributed by atoms with Crippen molar-refractivity contribution in [3.63, 3.8) is 0 Å². The first kappa shape index (κ1) is 21.3. The van der Waals surface area contributed by atoms with Gasteiger partial charge in [-0.1, -0.05) is 26.0 Å². The molecule has 2 aliphatic rings. The number of alkyl halides is 6. The Labute approximate surface area is 172 Å². The predicted molar refractivity (Wildman–Crippen MR) is 97.2 cm³/mol. The van der Waals surface area contributed by atoms with Crippen LogP contribution in [0.3, 0.4) is 0 Å². The lowest BCUT2D eigenvalue weighted by molar-refractivity contribution is -0.274. The van der Waals surface area contributed by atoms with Gasteiger partial charge in [-0.2, -0.15) is 18.3 Å². The molecule has 0 fully saturated rings. The molecule has 166 valence electrons. The number of nitrogens with one attached hydrogen (secondary N) is 2. The Morgan fingerprint density at radius 3 is 2.48 bits per heavy atom. The summed E-state index contributed by atoms with van der Waals surface area (Å²) in [5, 5.41) is 8.53. The zero-order chi connectivity index (χ0) is 22.8. The molecule has 1 aliphatic heterocycles. The fourth-order valence-corrected chi connectivity index (χ4v) is 4.24. The molecule has 1 aliphatic carbocycles. The number of aromatic nitrogens is 2. The first-order valence-corrected chi connectivity index (χ1v) is 9.30. The number of hydrogen-bond acceptors (Lipinski definition) is 4. The van der Waals surface area contributed by atoms with Gasteiger partial charge < -0.3 is 10.1 Å². The number of rotatable bonds is 2. The first-order chi connectivity index (χ1) is 14.3. The Kier molecular flexibility index (Phi) is 4.64. The number of carbonyl (C=O) groups excluding carboxylic acids is 1. The minimum absolute atomic E-state index is 0.0666. The van der Waals surface area contributed by atoms with E-state index in [9.17, 15) is 31.1 Å². The van der Waals surface area contributed by atoms with Crippen LogP contribution in [0.5, 0.6) is 5.75 Å². The average molecular weight is 445 g/mol. The minimum atomic E-state index is -4.97. The molecule has 2 heterocycles. The summed E-state index contributed by atoms with van der Waals surface area (Å²) in [6.45, 7) is 3.70. The largest absolute Gasteiger partial charge is 0.573 e. The van der Waals surface area contributed by atoms with Crippen molar-refractivity contribution in [3.8, 4) is 5.75 Å². The third kappa shape index (κ3) is 4.00. The Bertz CT molecular complexity index is 1080. The van der Waals surface area contributed by atoms with Crippen LogP contribution in [0.15, 0.2) is 35.5 Å². The highest BCUT2D eigenvalue weighted by Gasteiger charge is 2.47. The molecule has 1 aromatic heterocycles. The molecule has 5 nitrogen and oxygen atoms in total. The van der Waals surface area contributed by atoms with Crippen molar-refractivity contribution in [1.82, 2.24) is 10.2 Å². The second-order valence-electron chi connectivity index (χ2n) is 8.37. The second kappa shape index (κ2) is 6.76. The number of carbonyl (C=O) groups is 1. The molecule has 1 atom stereocenters. The zero-order valence-corrected chi connectivity index (χ0v) is 16.3. The van der Waals surface area contributed by atoms with Crippen LogP contribution in [0, 0.1) is 5.41 Å². The number of ketones is 1. The van der Waals surface area contributed by atoms with E-state index in [-0.39, 0.29) is 34.7 Å². The van der Waals surface area contributed by atoms with E-state index in [0.717, 1.165) is 12.1 Å². The van der Waals surface area contributed by atoms with Gasteiger partial charge in [-0.25, -0.2) is 0 Å². The fourth-order valence-electron chi connectivity index (χ4n) is 4.24. The lowest BCUT2D eigenvalue weighted by Gasteiger charge is -2.38. The molecule has 0 saturated heterocycles. The summed E-state index contributed by atoms with van der Waals surface area (Å²) in [5.41, 5.74) is -1.34. The molecule has 31 heavy (non-hydrogen) atoms. The zero-order valence-electron chi connectivity index (χ0n) is 16.3. The maximum atomic E-state index is 13.7. The Morgan fingerprint density at radius 1 is 1.13 bits per heavy atom. The van der Waals surface area contributed by atoms with Crippen LogP contribution >= 0.6 is 0 Å². The molecule has 0 spiro atoms. The number of aromatic amines is 1. The molecular weight excluding hydrogens is 428 g/mol. The highest BCUT2D eigenvalue weighted by atomic mass is 19.4. The molecular formula is C20H17F6N3O2. The number of H-pyrrole nitrogens is 1. The van der Waals surface area contributed by atoms with Crippen LogP contribution in [0.4, 0.5) is 32.2 Å². The summed E-state index contributed by atoms with van der Waals surface area (Å²) in [4.78, 5) is 13.0. The number of hydrogen-bond donors (Lipinski definition) is 2. The number of Topliss-reactive ketones (excluding diaryl/α,β-unsaturated/α-hetero) is 1. The lowest BCUT2D eigenvalue weighted by Crippen LogP contribution is -2.34. The SMILES string of the molecule is CC1(C)CC(=O)C2=C(C1)Nc1n[nH]c(C(F)(F)F)c1[C@H]2c1cccc(OC(F)(F)F)c1. The highest BCUT2D eigenvalue weighted by molar-refractivity contribution is 6.01.